The van der Waals surface area contributed by atoms with E-state index >= 15 is 0 Å². The van der Waals surface area contributed by atoms with Crippen LogP contribution in [-0.2, 0) is 9.59 Å². The fourth-order valence-corrected chi connectivity index (χ4v) is 5.05. The van der Waals surface area contributed by atoms with E-state index in [2.05, 4.69) is 13.8 Å². The Morgan fingerprint density at radius 3 is 2.30 bits per heavy atom. The number of carboxylic acid groups (broad SMARTS) is 2. The zero-order chi connectivity index (χ0) is 17.4. The van der Waals surface area contributed by atoms with Crippen LogP contribution in [0.5, 0.6) is 0 Å². The molecule has 0 aromatic rings. The molecule has 2 fully saturated rings. The molecule has 0 aliphatic heterocycles. The minimum atomic E-state index is -1.21. The van der Waals surface area contributed by atoms with E-state index in [-0.39, 0.29) is 17.8 Å². The van der Waals surface area contributed by atoms with E-state index in [1.807, 2.05) is 0 Å². The maximum absolute atomic E-state index is 11.8. The van der Waals surface area contributed by atoms with Gasteiger partial charge < -0.3 is 15.3 Å². The van der Waals surface area contributed by atoms with Crippen LogP contribution >= 0.6 is 0 Å². The number of allylic oxidation sites excluding steroid dienone is 2. The first-order valence-electron chi connectivity index (χ1n) is 8.22. The summed E-state index contributed by atoms with van der Waals surface area (Å²) in [5.74, 6) is -2.34. The lowest BCUT2D eigenvalue weighted by molar-refractivity contribution is -0.145. The van der Waals surface area contributed by atoms with E-state index in [0.717, 1.165) is 18.9 Å². The first-order valence-corrected chi connectivity index (χ1v) is 8.22. The number of hydrogen-bond acceptors (Lipinski definition) is 3. The van der Waals surface area contributed by atoms with E-state index in [1.165, 1.54) is 12.2 Å². The summed E-state index contributed by atoms with van der Waals surface area (Å²) in [6.45, 7) is 6.01. The zero-order valence-corrected chi connectivity index (χ0v) is 13.8. The monoisotopic (exact) mass is 322 g/mol. The molecule has 0 unspecified atom stereocenters. The highest BCUT2D eigenvalue weighted by atomic mass is 16.4. The molecule has 2 aliphatic rings. The molecule has 0 saturated heterocycles. The Hall–Kier alpha value is -1.62. The quantitative estimate of drug-likeness (QED) is 0.546. The Morgan fingerprint density at radius 1 is 1.09 bits per heavy atom. The van der Waals surface area contributed by atoms with Crippen molar-refractivity contribution >= 4 is 11.9 Å². The van der Waals surface area contributed by atoms with Crippen LogP contribution in [0.2, 0.25) is 0 Å². The molecule has 0 amide bonds. The molecule has 5 heteroatoms. The van der Waals surface area contributed by atoms with Crippen LogP contribution in [0.15, 0.2) is 24.3 Å². The Morgan fingerprint density at radius 2 is 1.74 bits per heavy atom. The van der Waals surface area contributed by atoms with Crippen LogP contribution in [0.1, 0.15) is 33.6 Å². The van der Waals surface area contributed by atoms with Crippen molar-refractivity contribution in [3.63, 3.8) is 0 Å². The molecule has 0 aromatic carbocycles. The van der Waals surface area contributed by atoms with E-state index in [4.69, 9.17) is 5.11 Å². The summed E-state index contributed by atoms with van der Waals surface area (Å²) in [7, 11) is 0. The van der Waals surface area contributed by atoms with E-state index < -0.39 is 29.4 Å². The Kier molecular flexibility index (Phi) is 4.99. The highest BCUT2D eigenvalue weighted by Gasteiger charge is 2.61. The number of carbonyl (C=O) groups is 2. The topological polar surface area (TPSA) is 94.8 Å². The maximum atomic E-state index is 11.8. The van der Waals surface area contributed by atoms with Crippen LogP contribution in [0.4, 0.5) is 0 Å². The van der Waals surface area contributed by atoms with Gasteiger partial charge in [-0.05, 0) is 36.5 Å². The molecule has 0 bridgehead atoms. The van der Waals surface area contributed by atoms with Gasteiger partial charge in [-0.25, -0.2) is 4.79 Å². The van der Waals surface area contributed by atoms with Gasteiger partial charge in [0.25, 0.3) is 0 Å². The zero-order valence-electron chi connectivity index (χ0n) is 13.8. The first-order chi connectivity index (χ1) is 10.7. The number of hydrogen-bond donors (Lipinski definition) is 3. The minimum absolute atomic E-state index is 0.0423. The largest absolute Gasteiger partial charge is 0.481 e. The van der Waals surface area contributed by atoms with Gasteiger partial charge in [-0.1, -0.05) is 39.0 Å². The SMILES string of the molecule is C[C@@H]1C[C@@H]2[C@@H](C(=O)O)[C@H](C)[C@](O)(/C=C/C=C/C(=O)O)[C@H]2[C@H](C)C1. The molecule has 128 valence electrons. The van der Waals surface area contributed by atoms with E-state index in [0.29, 0.717) is 5.92 Å². The van der Waals surface area contributed by atoms with Gasteiger partial charge in [-0.15, -0.1) is 0 Å². The average Bonchev–Trinajstić information content (AvgIpc) is 2.63. The molecule has 7 atom stereocenters. The van der Waals surface area contributed by atoms with Crippen LogP contribution in [0, 0.1) is 35.5 Å². The third kappa shape index (κ3) is 3.20. The number of carboxylic acids is 2. The molecule has 2 aliphatic carbocycles. The van der Waals surface area contributed by atoms with Gasteiger partial charge in [0.1, 0.15) is 0 Å². The van der Waals surface area contributed by atoms with Gasteiger partial charge in [-0.2, -0.15) is 0 Å². The van der Waals surface area contributed by atoms with Crippen LogP contribution in [0.3, 0.4) is 0 Å². The standard InChI is InChI=1S/C18H26O5/c1-10-8-11(2)16-13(9-10)15(17(21)22)12(3)18(16,23)7-5-4-6-14(19)20/h4-7,10-13,15-16,23H,8-9H2,1-3H3,(H,19,20)(H,21,22)/b6-4+,7-5+/t10-,11+,12-,13+,15-,16-,18+/m0/s1. The summed E-state index contributed by atoms with van der Waals surface area (Å²) in [6.07, 6.45) is 7.28. The molecule has 2 rings (SSSR count). The van der Waals surface area contributed by atoms with Crippen LogP contribution < -0.4 is 0 Å². The highest BCUT2D eigenvalue weighted by molar-refractivity contribution is 5.80. The number of rotatable bonds is 4. The Balaban J connectivity index is 2.37. The van der Waals surface area contributed by atoms with E-state index in [1.54, 1.807) is 13.0 Å². The lowest BCUT2D eigenvalue weighted by Crippen LogP contribution is -2.43. The number of aliphatic hydroxyl groups is 1. The van der Waals surface area contributed by atoms with Gasteiger partial charge in [0, 0.05) is 12.0 Å². The second kappa shape index (κ2) is 6.48. The molecule has 3 N–H and O–H groups in total. The summed E-state index contributed by atoms with van der Waals surface area (Å²) in [5.41, 5.74) is -1.21. The fraction of sp³-hybridized carbons (Fsp3) is 0.667. The van der Waals surface area contributed by atoms with Gasteiger partial charge in [-0.3, -0.25) is 4.79 Å². The first kappa shape index (κ1) is 17.7. The summed E-state index contributed by atoms with van der Waals surface area (Å²) in [5, 5.41) is 29.5. The van der Waals surface area contributed by atoms with Crippen LogP contribution in [0.25, 0.3) is 0 Å². The molecule has 5 nitrogen and oxygen atoms in total. The second-order valence-electron chi connectivity index (χ2n) is 7.34. The van der Waals surface area contributed by atoms with Gasteiger partial charge in [0.05, 0.1) is 11.5 Å². The second-order valence-corrected chi connectivity index (χ2v) is 7.34. The lowest BCUT2D eigenvalue weighted by atomic mass is 9.65. The van der Waals surface area contributed by atoms with Gasteiger partial charge >= 0.3 is 11.9 Å². The Bertz CT molecular complexity index is 538. The van der Waals surface area contributed by atoms with Crippen molar-refractivity contribution in [2.75, 3.05) is 0 Å². The molecule has 23 heavy (non-hydrogen) atoms. The molecule has 0 radical (unpaired) electrons. The molecular formula is C18H26O5. The molecule has 0 aromatic heterocycles. The van der Waals surface area contributed by atoms with Crippen LogP contribution in [-0.4, -0.2) is 32.9 Å². The third-order valence-corrected chi connectivity index (χ3v) is 5.78. The van der Waals surface area contributed by atoms with Crippen molar-refractivity contribution in [2.45, 2.75) is 39.2 Å². The Labute approximate surface area is 136 Å². The summed E-state index contributed by atoms with van der Waals surface area (Å²) >= 11 is 0. The predicted octanol–water partition coefficient (Wildman–Crippen LogP) is 2.56. The number of fused-ring (bicyclic) bond motifs is 1. The van der Waals surface area contributed by atoms with Crippen molar-refractivity contribution < 1.29 is 24.9 Å². The number of aliphatic carboxylic acids is 2. The normalized spacial score (nSPS) is 43.8. The summed E-state index contributed by atoms with van der Waals surface area (Å²) < 4.78 is 0. The average molecular weight is 322 g/mol. The fourth-order valence-electron chi connectivity index (χ4n) is 5.05. The predicted molar refractivity (Wildman–Crippen MR) is 85.7 cm³/mol. The van der Waals surface area contributed by atoms with Crippen molar-refractivity contribution in [3.8, 4) is 0 Å². The van der Waals surface area contributed by atoms with Gasteiger partial charge in [0.15, 0.2) is 0 Å². The third-order valence-electron chi connectivity index (χ3n) is 5.78. The summed E-state index contributed by atoms with van der Waals surface area (Å²) in [4.78, 5) is 22.3. The minimum Gasteiger partial charge on any atom is -0.481 e. The van der Waals surface area contributed by atoms with Gasteiger partial charge in [0.2, 0.25) is 0 Å². The van der Waals surface area contributed by atoms with Crippen molar-refractivity contribution in [1.29, 1.82) is 0 Å². The van der Waals surface area contributed by atoms with E-state index in [9.17, 15) is 19.8 Å². The molecule has 0 heterocycles. The smallest absolute Gasteiger partial charge is 0.328 e. The van der Waals surface area contributed by atoms with Crippen molar-refractivity contribution in [2.24, 2.45) is 35.5 Å². The molecular weight excluding hydrogens is 296 g/mol. The lowest BCUT2D eigenvalue weighted by Gasteiger charge is -2.42. The molecule has 0 spiro atoms. The maximum Gasteiger partial charge on any atom is 0.328 e. The highest BCUT2D eigenvalue weighted by Crippen LogP contribution is 2.58. The van der Waals surface area contributed by atoms with Crippen molar-refractivity contribution in [3.05, 3.63) is 24.3 Å². The summed E-state index contributed by atoms with van der Waals surface area (Å²) in [6, 6.07) is 0. The van der Waals surface area contributed by atoms with Crippen molar-refractivity contribution in [1.82, 2.24) is 0 Å². The molecule has 2 saturated carbocycles.